The third kappa shape index (κ3) is 4.77. The number of rotatable bonds is 8. The summed E-state index contributed by atoms with van der Waals surface area (Å²) in [5.74, 6) is 0.729. The summed E-state index contributed by atoms with van der Waals surface area (Å²) in [7, 11) is 1.60. The van der Waals surface area contributed by atoms with Crippen LogP contribution in [0.15, 0.2) is 42.6 Å². The number of pyridine rings is 1. The number of anilines is 2. The molecule has 0 bridgehead atoms. The molecule has 1 aromatic heterocycles. The number of para-hydroxylation sites is 2. The van der Waals surface area contributed by atoms with Crippen LogP contribution in [0.2, 0.25) is 0 Å². The van der Waals surface area contributed by atoms with Crippen molar-refractivity contribution in [3.63, 3.8) is 0 Å². The summed E-state index contributed by atoms with van der Waals surface area (Å²) in [6, 6.07) is 10.7. The van der Waals surface area contributed by atoms with E-state index < -0.39 is 6.10 Å². The van der Waals surface area contributed by atoms with E-state index in [1.807, 2.05) is 24.3 Å². The number of carbonyl (C=O) groups excluding carboxylic acids is 2. The second kappa shape index (κ2) is 9.18. The Balaban J connectivity index is 1.55. The van der Waals surface area contributed by atoms with Gasteiger partial charge in [0.15, 0.2) is 6.10 Å². The minimum Gasteiger partial charge on any atom is -0.479 e. The molecule has 2 aromatic rings. The molecule has 0 radical (unpaired) electrons. The lowest BCUT2D eigenvalue weighted by atomic mass is 10.1. The molecule has 1 unspecified atom stereocenters. The van der Waals surface area contributed by atoms with Crippen LogP contribution in [0.4, 0.5) is 11.4 Å². The van der Waals surface area contributed by atoms with Crippen LogP contribution in [0.25, 0.3) is 0 Å². The maximum absolute atomic E-state index is 12.4. The molecular weight excluding hydrogens is 362 g/mol. The molecule has 2 heterocycles. The van der Waals surface area contributed by atoms with E-state index in [1.54, 1.807) is 31.1 Å². The van der Waals surface area contributed by atoms with Crippen molar-refractivity contribution in [2.75, 3.05) is 37.1 Å². The number of hydrogen-bond acceptors (Lipinski definition) is 6. The predicted molar refractivity (Wildman–Crippen MR) is 104 cm³/mol. The SMILES string of the molecule is COCCOc1ccc(NC(=O)CCN2C(=O)C(C)Oc3ccccc32)cn1. The van der Waals surface area contributed by atoms with Crippen LogP contribution in [-0.2, 0) is 14.3 Å². The van der Waals surface area contributed by atoms with E-state index in [9.17, 15) is 9.59 Å². The van der Waals surface area contributed by atoms with Crippen molar-refractivity contribution in [2.45, 2.75) is 19.4 Å². The summed E-state index contributed by atoms with van der Waals surface area (Å²) in [6.45, 7) is 2.85. The van der Waals surface area contributed by atoms with Crippen LogP contribution < -0.4 is 19.7 Å². The summed E-state index contributed by atoms with van der Waals surface area (Å²) in [6.07, 6.45) is 1.10. The molecule has 3 rings (SSSR count). The van der Waals surface area contributed by atoms with Gasteiger partial charge in [0.05, 0.1) is 24.2 Å². The highest BCUT2D eigenvalue weighted by Crippen LogP contribution is 2.33. The molecule has 0 saturated heterocycles. The molecule has 1 aromatic carbocycles. The molecule has 8 nitrogen and oxygen atoms in total. The normalized spacial score (nSPS) is 15.6. The minimum atomic E-state index is -0.576. The predicted octanol–water partition coefficient (Wildman–Crippen LogP) is 2.25. The number of hydrogen-bond donors (Lipinski definition) is 1. The number of carbonyl (C=O) groups is 2. The molecule has 0 saturated carbocycles. The van der Waals surface area contributed by atoms with Crippen LogP contribution in [0.3, 0.4) is 0 Å². The van der Waals surface area contributed by atoms with Gasteiger partial charge in [-0.25, -0.2) is 4.98 Å². The first-order chi connectivity index (χ1) is 13.6. The molecule has 0 fully saturated rings. The van der Waals surface area contributed by atoms with Crippen molar-refractivity contribution >= 4 is 23.2 Å². The number of benzene rings is 1. The van der Waals surface area contributed by atoms with Gasteiger partial charge in [0, 0.05) is 26.1 Å². The van der Waals surface area contributed by atoms with Gasteiger partial charge in [-0.3, -0.25) is 9.59 Å². The second-order valence-corrected chi connectivity index (χ2v) is 6.24. The molecule has 2 amide bonds. The van der Waals surface area contributed by atoms with Crippen molar-refractivity contribution in [2.24, 2.45) is 0 Å². The van der Waals surface area contributed by atoms with Crippen LogP contribution >= 0.6 is 0 Å². The third-order valence-corrected chi connectivity index (χ3v) is 4.19. The van der Waals surface area contributed by atoms with Crippen LogP contribution in [0.5, 0.6) is 11.6 Å². The number of aromatic nitrogens is 1. The van der Waals surface area contributed by atoms with Gasteiger partial charge in [-0.15, -0.1) is 0 Å². The van der Waals surface area contributed by atoms with Gasteiger partial charge in [0.25, 0.3) is 5.91 Å². The Bertz CT molecular complexity index is 825. The Hall–Kier alpha value is -3.13. The van der Waals surface area contributed by atoms with Crippen molar-refractivity contribution in [3.8, 4) is 11.6 Å². The Morgan fingerprint density at radius 3 is 2.82 bits per heavy atom. The maximum Gasteiger partial charge on any atom is 0.267 e. The summed E-state index contributed by atoms with van der Waals surface area (Å²) in [4.78, 5) is 30.5. The van der Waals surface area contributed by atoms with E-state index in [0.29, 0.717) is 36.2 Å². The summed E-state index contributed by atoms with van der Waals surface area (Å²) in [5, 5.41) is 2.78. The van der Waals surface area contributed by atoms with E-state index in [0.717, 1.165) is 0 Å². The maximum atomic E-state index is 12.4. The third-order valence-electron chi connectivity index (χ3n) is 4.19. The first-order valence-electron chi connectivity index (χ1n) is 9.03. The number of fused-ring (bicyclic) bond motifs is 1. The van der Waals surface area contributed by atoms with Crippen LogP contribution in [0, 0.1) is 0 Å². The number of amides is 2. The van der Waals surface area contributed by atoms with E-state index in [4.69, 9.17) is 14.2 Å². The lowest BCUT2D eigenvalue weighted by Gasteiger charge is -2.32. The first-order valence-corrected chi connectivity index (χ1v) is 9.03. The van der Waals surface area contributed by atoms with Gasteiger partial charge in [-0.05, 0) is 25.1 Å². The fraction of sp³-hybridized carbons (Fsp3) is 0.350. The molecule has 148 valence electrons. The van der Waals surface area contributed by atoms with Gasteiger partial charge in [-0.2, -0.15) is 0 Å². The Morgan fingerprint density at radius 2 is 2.07 bits per heavy atom. The van der Waals surface area contributed by atoms with E-state index in [-0.39, 0.29) is 24.8 Å². The Morgan fingerprint density at radius 1 is 1.25 bits per heavy atom. The van der Waals surface area contributed by atoms with Gasteiger partial charge in [0.2, 0.25) is 11.8 Å². The van der Waals surface area contributed by atoms with Crippen LogP contribution in [-0.4, -0.2) is 49.8 Å². The van der Waals surface area contributed by atoms with E-state index in [1.165, 1.54) is 6.20 Å². The number of ether oxygens (including phenoxy) is 3. The average Bonchev–Trinajstić information content (AvgIpc) is 2.70. The number of nitrogens with one attached hydrogen (secondary N) is 1. The Labute approximate surface area is 163 Å². The molecule has 0 aliphatic carbocycles. The second-order valence-electron chi connectivity index (χ2n) is 6.24. The molecule has 1 aliphatic heterocycles. The summed E-state index contributed by atoms with van der Waals surface area (Å²) < 4.78 is 15.9. The van der Waals surface area contributed by atoms with Gasteiger partial charge in [0.1, 0.15) is 12.4 Å². The summed E-state index contributed by atoms with van der Waals surface area (Å²) in [5.41, 5.74) is 1.24. The van der Waals surface area contributed by atoms with Crippen molar-refractivity contribution in [3.05, 3.63) is 42.6 Å². The number of nitrogens with zero attached hydrogens (tertiary/aromatic N) is 2. The van der Waals surface area contributed by atoms with Crippen molar-refractivity contribution in [1.82, 2.24) is 4.98 Å². The largest absolute Gasteiger partial charge is 0.479 e. The molecule has 8 heteroatoms. The quantitative estimate of drug-likeness (QED) is 0.701. The first kappa shape index (κ1) is 19.6. The van der Waals surface area contributed by atoms with E-state index in [2.05, 4.69) is 10.3 Å². The zero-order chi connectivity index (χ0) is 19.9. The fourth-order valence-corrected chi connectivity index (χ4v) is 2.80. The van der Waals surface area contributed by atoms with Gasteiger partial charge < -0.3 is 24.4 Å². The smallest absolute Gasteiger partial charge is 0.267 e. The van der Waals surface area contributed by atoms with Crippen LogP contribution in [0.1, 0.15) is 13.3 Å². The van der Waals surface area contributed by atoms with Gasteiger partial charge >= 0.3 is 0 Å². The zero-order valence-corrected chi connectivity index (χ0v) is 15.9. The highest BCUT2D eigenvalue weighted by atomic mass is 16.5. The number of methoxy groups -OCH3 is 1. The minimum absolute atomic E-state index is 0.152. The lowest BCUT2D eigenvalue weighted by Crippen LogP contribution is -2.45. The highest BCUT2D eigenvalue weighted by Gasteiger charge is 2.31. The lowest BCUT2D eigenvalue weighted by molar-refractivity contribution is -0.125. The summed E-state index contributed by atoms with van der Waals surface area (Å²) >= 11 is 0. The Kier molecular flexibility index (Phi) is 6.44. The van der Waals surface area contributed by atoms with E-state index >= 15 is 0 Å². The van der Waals surface area contributed by atoms with Crippen molar-refractivity contribution in [1.29, 1.82) is 0 Å². The fourth-order valence-electron chi connectivity index (χ4n) is 2.80. The molecular formula is C20H23N3O5. The topological polar surface area (TPSA) is 90.0 Å². The zero-order valence-electron chi connectivity index (χ0n) is 15.9. The highest BCUT2D eigenvalue weighted by molar-refractivity contribution is 6.00. The molecule has 0 spiro atoms. The molecule has 1 atom stereocenters. The average molecular weight is 385 g/mol. The monoisotopic (exact) mass is 385 g/mol. The standard InChI is InChI=1S/C20H23N3O5/c1-14-20(25)23(16-5-3-4-6-17(16)28-14)10-9-18(24)22-15-7-8-19(21-13-15)27-12-11-26-2/h3-8,13-14H,9-12H2,1-2H3,(H,22,24). The van der Waals surface area contributed by atoms with Gasteiger partial charge in [-0.1, -0.05) is 12.1 Å². The molecule has 1 aliphatic rings. The molecule has 28 heavy (non-hydrogen) atoms. The van der Waals surface area contributed by atoms with Crippen molar-refractivity contribution < 1.29 is 23.8 Å². The molecule has 1 N–H and O–H groups in total.